The molecule has 8 heteroatoms. The number of pyridine rings is 1. The van der Waals surface area contributed by atoms with Crippen molar-refractivity contribution < 1.29 is 9.72 Å². The summed E-state index contributed by atoms with van der Waals surface area (Å²) in [6, 6.07) is 6.48. The molecule has 21 heavy (non-hydrogen) atoms. The van der Waals surface area contributed by atoms with Gasteiger partial charge in [-0.3, -0.25) is 14.9 Å². The Bertz CT molecular complexity index is 737. The van der Waals surface area contributed by atoms with Gasteiger partial charge in [0.2, 0.25) is 5.15 Å². The predicted molar refractivity (Wildman–Crippen MR) is 82.7 cm³/mol. The lowest BCUT2D eigenvalue weighted by molar-refractivity contribution is -0.385. The number of halogens is 2. The Kier molecular flexibility index (Phi) is 4.54. The topological polar surface area (TPSA) is 85.1 Å². The van der Waals surface area contributed by atoms with Crippen LogP contribution in [-0.4, -0.2) is 15.8 Å². The number of aromatic nitrogens is 1. The van der Waals surface area contributed by atoms with Gasteiger partial charge in [-0.15, -0.1) is 0 Å². The average Bonchev–Trinajstić information content (AvgIpc) is 2.42. The first-order chi connectivity index (χ1) is 9.90. The van der Waals surface area contributed by atoms with Crippen molar-refractivity contribution in [1.82, 2.24) is 4.98 Å². The normalized spacial score (nSPS) is 10.2. The Morgan fingerprint density at radius 2 is 2.14 bits per heavy atom. The maximum absolute atomic E-state index is 12.2. The zero-order chi connectivity index (χ0) is 15.6. The molecule has 2 aromatic rings. The second-order valence-electron chi connectivity index (χ2n) is 4.17. The number of amides is 1. The van der Waals surface area contributed by atoms with Crippen LogP contribution in [0.3, 0.4) is 0 Å². The molecule has 1 heterocycles. The molecule has 0 radical (unpaired) electrons. The third kappa shape index (κ3) is 3.37. The Hall–Kier alpha value is -1.99. The molecule has 1 aromatic carbocycles. The lowest BCUT2D eigenvalue weighted by Gasteiger charge is -2.07. The van der Waals surface area contributed by atoms with Crippen LogP contribution in [0, 0.1) is 17.0 Å². The molecule has 0 fully saturated rings. The largest absolute Gasteiger partial charge is 0.322 e. The van der Waals surface area contributed by atoms with Crippen LogP contribution >= 0.6 is 27.5 Å². The van der Waals surface area contributed by atoms with E-state index in [0.717, 1.165) is 10.0 Å². The summed E-state index contributed by atoms with van der Waals surface area (Å²) >= 11 is 9.03. The van der Waals surface area contributed by atoms with Gasteiger partial charge in [-0.2, -0.15) is 0 Å². The molecule has 2 rings (SSSR count). The van der Waals surface area contributed by atoms with Crippen LogP contribution in [0.4, 0.5) is 11.4 Å². The third-order valence-electron chi connectivity index (χ3n) is 2.74. The van der Waals surface area contributed by atoms with E-state index in [1.165, 1.54) is 12.3 Å². The summed E-state index contributed by atoms with van der Waals surface area (Å²) in [5.41, 5.74) is 0.866. The van der Waals surface area contributed by atoms with Crippen molar-refractivity contribution in [3.8, 4) is 0 Å². The maximum Gasteiger partial charge on any atom is 0.319 e. The number of rotatable bonds is 3. The number of carbonyl (C=O) groups is 1. The van der Waals surface area contributed by atoms with Crippen molar-refractivity contribution >= 4 is 44.8 Å². The molecule has 108 valence electrons. The highest BCUT2D eigenvalue weighted by atomic mass is 79.9. The Morgan fingerprint density at radius 1 is 1.43 bits per heavy atom. The summed E-state index contributed by atoms with van der Waals surface area (Å²) in [5.74, 6) is -0.623. The van der Waals surface area contributed by atoms with E-state index in [9.17, 15) is 14.9 Å². The van der Waals surface area contributed by atoms with E-state index in [1.54, 1.807) is 12.1 Å². The molecule has 0 aliphatic rings. The minimum absolute atomic E-state index is 0.142. The quantitative estimate of drug-likeness (QED) is 0.503. The fraction of sp³-hybridized carbons (Fsp3) is 0.0769. The molecule has 0 aliphatic carbocycles. The van der Waals surface area contributed by atoms with Crippen molar-refractivity contribution in [3.05, 3.63) is 61.3 Å². The molecule has 1 aromatic heterocycles. The number of anilines is 1. The first-order valence-electron chi connectivity index (χ1n) is 5.76. The molecular formula is C13H9BrClN3O3. The molecule has 1 amide bonds. The first-order valence-corrected chi connectivity index (χ1v) is 6.93. The van der Waals surface area contributed by atoms with Crippen LogP contribution in [0.25, 0.3) is 0 Å². The monoisotopic (exact) mass is 369 g/mol. The lowest BCUT2D eigenvalue weighted by Crippen LogP contribution is -2.14. The first kappa shape index (κ1) is 15.4. The molecule has 0 aliphatic heterocycles. The molecule has 1 N–H and O–H groups in total. The van der Waals surface area contributed by atoms with Gasteiger partial charge < -0.3 is 5.32 Å². The van der Waals surface area contributed by atoms with E-state index >= 15 is 0 Å². The SMILES string of the molecule is Cc1ccc(NC(=O)c2ccnc(Cl)c2[N+](=O)[O-])cc1Br. The second kappa shape index (κ2) is 6.19. The van der Waals surface area contributed by atoms with Gasteiger partial charge in [0.1, 0.15) is 5.56 Å². The van der Waals surface area contributed by atoms with Crippen molar-refractivity contribution in [3.63, 3.8) is 0 Å². The zero-order valence-electron chi connectivity index (χ0n) is 10.8. The molecule has 0 saturated heterocycles. The average molecular weight is 371 g/mol. The Balaban J connectivity index is 2.35. The minimum Gasteiger partial charge on any atom is -0.322 e. The van der Waals surface area contributed by atoms with E-state index in [-0.39, 0.29) is 10.7 Å². The summed E-state index contributed by atoms with van der Waals surface area (Å²) in [5, 5.41) is 13.3. The van der Waals surface area contributed by atoms with Crippen molar-refractivity contribution in [2.75, 3.05) is 5.32 Å². The summed E-state index contributed by atoms with van der Waals surface area (Å²) in [6.07, 6.45) is 1.25. The highest BCUT2D eigenvalue weighted by Gasteiger charge is 2.24. The molecule has 0 unspecified atom stereocenters. The minimum atomic E-state index is -0.727. The smallest absolute Gasteiger partial charge is 0.319 e. The number of nitro groups is 1. The van der Waals surface area contributed by atoms with Crippen LogP contribution in [-0.2, 0) is 0 Å². The number of hydrogen-bond acceptors (Lipinski definition) is 4. The van der Waals surface area contributed by atoms with Gasteiger partial charge in [-0.25, -0.2) is 4.98 Å². The van der Waals surface area contributed by atoms with E-state index in [1.807, 2.05) is 13.0 Å². The van der Waals surface area contributed by atoms with Gasteiger partial charge in [0.05, 0.1) is 4.92 Å². The van der Waals surface area contributed by atoms with Crippen molar-refractivity contribution in [1.29, 1.82) is 0 Å². The Labute approximate surface area is 133 Å². The predicted octanol–water partition coefficient (Wildman–Crippen LogP) is 3.97. The number of carbonyl (C=O) groups excluding carboxylic acids is 1. The molecule has 0 atom stereocenters. The van der Waals surface area contributed by atoms with Gasteiger partial charge in [0.25, 0.3) is 5.91 Å². The number of aryl methyl sites for hydroxylation is 1. The lowest BCUT2D eigenvalue weighted by atomic mass is 10.2. The van der Waals surface area contributed by atoms with Crippen LogP contribution in [0.1, 0.15) is 15.9 Å². The zero-order valence-corrected chi connectivity index (χ0v) is 13.1. The van der Waals surface area contributed by atoms with Crippen LogP contribution in [0.5, 0.6) is 0 Å². The summed E-state index contributed by atoms with van der Waals surface area (Å²) in [4.78, 5) is 26.0. The molecular weight excluding hydrogens is 362 g/mol. The maximum atomic E-state index is 12.2. The third-order valence-corrected chi connectivity index (χ3v) is 3.87. The Morgan fingerprint density at radius 3 is 2.76 bits per heavy atom. The number of nitrogens with zero attached hydrogens (tertiary/aromatic N) is 2. The fourth-order valence-corrected chi connectivity index (χ4v) is 2.26. The van der Waals surface area contributed by atoms with E-state index in [2.05, 4.69) is 26.2 Å². The van der Waals surface area contributed by atoms with Gasteiger partial charge in [0, 0.05) is 16.4 Å². The van der Waals surface area contributed by atoms with Gasteiger partial charge >= 0.3 is 5.69 Å². The van der Waals surface area contributed by atoms with Crippen molar-refractivity contribution in [2.24, 2.45) is 0 Å². The number of benzene rings is 1. The van der Waals surface area contributed by atoms with E-state index in [0.29, 0.717) is 5.69 Å². The summed E-state index contributed by atoms with van der Waals surface area (Å²) in [6.45, 7) is 1.91. The van der Waals surface area contributed by atoms with Crippen LogP contribution < -0.4 is 5.32 Å². The highest BCUT2D eigenvalue weighted by Crippen LogP contribution is 2.27. The molecule has 0 saturated carbocycles. The molecule has 0 spiro atoms. The second-order valence-corrected chi connectivity index (χ2v) is 5.39. The van der Waals surface area contributed by atoms with E-state index in [4.69, 9.17) is 11.6 Å². The summed E-state index contributed by atoms with van der Waals surface area (Å²) in [7, 11) is 0. The summed E-state index contributed by atoms with van der Waals surface area (Å²) < 4.78 is 0.822. The van der Waals surface area contributed by atoms with Gasteiger partial charge in [-0.05, 0) is 30.7 Å². The van der Waals surface area contributed by atoms with Crippen LogP contribution in [0.15, 0.2) is 34.9 Å². The number of hydrogen-bond donors (Lipinski definition) is 1. The highest BCUT2D eigenvalue weighted by molar-refractivity contribution is 9.10. The van der Waals surface area contributed by atoms with Gasteiger partial charge in [0.15, 0.2) is 0 Å². The van der Waals surface area contributed by atoms with Crippen molar-refractivity contribution in [2.45, 2.75) is 6.92 Å². The molecule has 0 bridgehead atoms. The van der Waals surface area contributed by atoms with Gasteiger partial charge in [-0.1, -0.05) is 33.6 Å². The standard InChI is InChI=1S/C13H9BrClN3O3/c1-7-2-3-8(6-10(7)14)17-13(19)9-4-5-16-12(15)11(9)18(20)21/h2-6H,1H3,(H,17,19). The molecule has 6 nitrogen and oxygen atoms in total. The van der Waals surface area contributed by atoms with E-state index < -0.39 is 16.5 Å². The number of nitrogens with one attached hydrogen (secondary N) is 1. The van der Waals surface area contributed by atoms with Crippen LogP contribution in [0.2, 0.25) is 5.15 Å². The fourth-order valence-electron chi connectivity index (χ4n) is 1.65.